The Morgan fingerprint density at radius 3 is 2.63 bits per heavy atom. The largest absolute Gasteiger partial charge is 0.300 e. The van der Waals surface area contributed by atoms with Gasteiger partial charge in [0.25, 0.3) is 17.6 Å². The van der Waals surface area contributed by atoms with Crippen LogP contribution in [0.25, 0.3) is 0 Å². The van der Waals surface area contributed by atoms with Crippen LogP contribution < -0.4 is 16.2 Å². The molecule has 6 nitrogen and oxygen atoms in total. The molecule has 0 spiro atoms. The van der Waals surface area contributed by atoms with E-state index in [9.17, 15) is 14.4 Å². The lowest BCUT2D eigenvalue weighted by atomic mass is 10.1. The number of benzene rings is 1. The quantitative estimate of drug-likeness (QED) is 0.361. The molecular formula is C12H12BrN3O3. The number of fused-ring (bicyclic) bond motifs is 1. The maximum absolute atomic E-state index is 12.0. The monoisotopic (exact) mass is 325 g/mol. The fourth-order valence-corrected chi connectivity index (χ4v) is 2.73. The van der Waals surface area contributed by atoms with Crippen molar-refractivity contribution in [1.29, 1.82) is 0 Å². The highest BCUT2D eigenvalue weighted by Crippen LogP contribution is 2.36. The predicted octanol–water partition coefficient (Wildman–Crippen LogP) is 0.665. The van der Waals surface area contributed by atoms with E-state index in [4.69, 9.17) is 5.84 Å². The minimum Gasteiger partial charge on any atom is -0.292 e. The van der Waals surface area contributed by atoms with E-state index in [1.807, 2.05) is 5.43 Å². The molecule has 1 atom stereocenters. The van der Waals surface area contributed by atoms with E-state index < -0.39 is 23.6 Å². The molecule has 1 aromatic rings. The van der Waals surface area contributed by atoms with Crippen LogP contribution in [0.2, 0.25) is 0 Å². The topological polar surface area (TPSA) is 92.5 Å². The molecule has 0 fully saturated rings. The Hall–Kier alpha value is -1.73. The molecule has 0 bridgehead atoms. The molecule has 19 heavy (non-hydrogen) atoms. The number of rotatable bonds is 2. The zero-order chi connectivity index (χ0) is 14.3. The average Bonchev–Trinajstić information content (AvgIpc) is 2.61. The van der Waals surface area contributed by atoms with Gasteiger partial charge in [0.1, 0.15) is 6.04 Å². The van der Waals surface area contributed by atoms with Crippen molar-refractivity contribution in [1.82, 2.24) is 5.43 Å². The number of nitrogens with zero attached hydrogens (tertiary/aromatic N) is 1. The van der Waals surface area contributed by atoms with Crippen LogP contribution in [0.3, 0.4) is 0 Å². The molecule has 2 rings (SSSR count). The van der Waals surface area contributed by atoms with Crippen molar-refractivity contribution in [2.75, 3.05) is 4.90 Å². The molecule has 0 saturated heterocycles. The second-order valence-electron chi connectivity index (χ2n) is 4.31. The van der Waals surface area contributed by atoms with Crippen LogP contribution in [0.15, 0.2) is 16.6 Å². The van der Waals surface area contributed by atoms with Gasteiger partial charge in [0.05, 0.1) is 11.3 Å². The molecule has 7 heteroatoms. The molecule has 3 N–H and O–H groups in total. The number of aryl methyl sites for hydroxylation is 1. The zero-order valence-electron chi connectivity index (χ0n) is 10.4. The van der Waals surface area contributed by atoms with Crippen molar-refractivity contribution in [2.24, 2.45) is 5.84 Å². The first kappa shape index (κ1) is 13.7. The van der Waals surface area contributed by atoms with E-state index in [0.717, 1.165) is 5.56 Å². The first-order valence-electron chi connectivity index (χ1n) is 5.57. The van der Waals surface area contributed by atoms with Crippen molar-refractivity contribution in [3.63, 3.8) is 0 Å². The lowest BCUT2D eigenvalue weighted by Crippen LogP contribution is -2.49. The van der Waals surface area contributed by atoms with Gasteiger partial charge in [0.15, 0.2) is 0 Å². The highest BCUT2D eigenvalue weighted by Gasteiger charge is 2.41. The van der Waals surface area contributed by atoms with E-state index in [1.54, 1.807) is 19.1 Å². The smallest absolute Gasteiger partial charge is 0.292 e. The molecule has 1 aromatic carbocycles. The number of halogens is 1. The first-order valence-corrected chi connectivity index (χ1v) is 6.36. The van der Waals surface area contributed by atoms with Crippen molar-refractivity contribution in [3.05, 3.63) is 27.7 Å². The number of hydrazine groups is 1. The zero-order valence-corrected chi connectivity index (χ0v) is 11.9. The minimum absolute atomic E-state index is 0.300. The predicted molar refractivity (Wildman–Crippen MR) is 72.5 cm³/mol. The summed E-state index contributed by atoms with van der Waals surface area (Å²) in [5.74, 6) is 3.21. The molecule has 1 heterocycles. The van der Waals surface area contributed by atoms with Gasteiger partial charge in [-0.2, -0.15) is 0 Å². The van der Waals surface area contributed by atoms with Gasteiger partial charge in [0.2, 0.25) is 0 Å². The van der Waals surface area contributed by atoms with Gasteiger partial charge in [-0.15, -0.1) is 0 Å². The summed E-state index contributed by atoms with van der Waals surface area (Å²) in [6, 6.07) is 2.52. The Bertz CT molecular complexity index is 600. The van der Waals surface area contributed by atoms with Crippen molar-refractivity contribution in [2.45, 2.75) is 19.9 Å². The Balaban J connectivity index is 2.59. The normalized spacial score (nSPS) is 15.5. The van der Waals surface area contributed by atoms with E-state index in [0.29, 0.717) is 15.7 Å². The Kier molecular flexibility index (Phi) is 3.42. The van der Waals surface area contributed by atoms with Gasteiger partial charge in [-0.25, -0.2) is 5.84 Å². The fourth-order valence-electron chi connectivity index (χ4n) is 2.16. The summed E-state index contributed by atoms with van der Waals surface area (Å²) in [5, 5.41) is 0. The summed E-state index contributed by atoms with van der Waals surface area (Å²) in [6.07, 6.45) is 0. The van der Waals surface area contributed by atoms with Crippen LogP contribution in [0.4, 0.5) is 5.69 Å². The minimum atomic E-state index is -0.845. The van der Waals surface area contributed by atoms with Crippen LogP contribution >= 0.6 is 15.9 Å². The lowest BCUT2D eigenvalue weighted by molar-refractivity contribution is -0.124. The molecule has 0 aliphatic carbocycles. The van der Waals surface area contributed by atoms with E-state index in [-0.39, 0.29) is 0 Å². The summed E-state index contributed by atoms with van der Waals surface area (Å²) < 4.78 is 0.711. The summed E-state index contributed by atoms with van der Waals surface area (Å²) in [4.78, 5) is 36.8. The molecule has 1 unspecified atom stereocenters. The number of Topliss-reactive ketones (excluding diaryl/α,β-unsaturated/α-hetero) is 1. The van der Waals surface area contributed by atoms with Gasteiger partial charge >= 0.3 is 0 Å². The molecule has 100 valence electrons. The highest BCUT2D eigenvalue weighted by molar-refractivity contribution is 9.10. The van der Waals surface area contributed by atoms with Gasteiger partial charge < -0.3 is 0 Å². The van der Waals surface area contributed by atoms with Crippen LogP contribution in [0.5, 0.6) is 0 Å². The summed E-state index contributed by atoms with van der Waals surface area (Å²) >= 11 is 3.28. The molecule has 0 aromatic heterocycles. The third-order valence-corrected chi connectivity index (χ3v) is 3.53. The van der Waals surface area contributed by atoms with Gasteiger partial charge in [-0.05, 0) is 31.5 Å². The molecule has 1 aliphatic rings. The van der Waals surface area contributed by atoms with E-state index in [1.165, 1.54) is 11.8 Å². The number of nitrogens with two attached hydrogens (primary N) is 1. The number of carbonyl (C=O) groups excluding carboxylic acids is 3. The number of hydrogen-bond acceptors (Lipinski definition) is 4. The molecular weight excluding hydrogens is 314 g/mol. The molecule has 0 saturated carbocycles. The number of amides is 2. The molecule has 0 radical (unpaired) electrons. The van der Waals surface area contributed by atoms with Gasteiger partial charge in [0, 0.05) is 4.47 Å². The number of anilines is 1. The van der Waals surface area contributed by atoms with Crippen molar-refractivity contribution >= 4 is 39.2 Å². The number of nitrogens with one attached hydrogen (secondary N) is 1. The third kappa shape index (κ3) is 2.04. The van der Waals surface area contributed by atoms with E-state index >= 15 is 0 Å². The molecule has 1 aliphatic heterocycles. The van der Waals surface area contributed by atoms with Crippen LogP contribution in [0, 0.1) is 6.92 Å². The Labute approximate surface area is 118 Å². The standard InChI is InChI=1S/C12H12BrN3O3/c1-5-3-7(13)4-8-9(5)16(12(19)10(8)17)6(2)11(18)15-14/h3-4,6H,14H2,1-2H3,(H,15,18). The number of ketones is 1. The van der Waals surface area contributed by atoms with Crippen LogP contribution in [-0.4, -0.2) is 23.6 Å². The maximum atomic E-state index is 12.0. The lowest BCUT2D eigenvalue weighted by Gasteiger charge is -2.24. The van der Waals surface area contributed by atoms with Crippen LogP contribution in [0.1, 0.15) is 22.8 Å². The van der Waals surface area contributed by atoms with Gasteiger partial charge in [-0.1, -0.05) is 15.9 Å². The Morgan fingerprint density at radius 1 is 1.42 bits per heavy atom. The van der Waals surface area contributed by atoms with Crippen molar-refractivity contribution < 1.29 is 14.4 Å². The molecule has 2 amide bonds. The second-order valence-corrected chi connectivity index (χ2v) is 5.22. The first-order chi connectivity index (χ1) is 8.88. The average molecular weight is 326 g/mol. The number of carbonyl (C=O) groups is 3. The van der Waals surface area contributed by atoms with Gasteiger partial charge in [-0.3, -0.25) is 24.7 Å². The third-order valence-electron chi connectivity index (χ3n) is 3.07. The van der Waals surface area contributed by atoms with Crippen molar-refractivity contribution in [3.8, 4) is 0 Å². The van der Waals surface area contributed by atoms with E-state index in [2.05, 4.69) is 15.9 Å². The fraction of sp³-hybridized carbons (Fsp3) is 0.250. The maximum Gasteiger partial charge on any atom is 0.300 e. The summed E-state index contributed by atoms with van der Waals surface area (Å²) in [6.45, 7) is 3.29. The summed E-state index contributed by atoms with van der Waals surface area (Å²) in [7, 11) is 0. The Morgan fingerprint density at radius 2 is 2.05 bits per heavy atom. The second kappa shape index (κ2) is 4.75. The highest BCUT2D eigenvalue weighted by atomic mass is 79.9. The van der Waals surface area contributed by atoms with Crippen LogP contribution in [-0.2, 0) is 9.59 Å². The number of hydrogen-bond donors (Lipinski definition) is 2. The SMILES string of the molecule is Cc1cc(Br)cc2c1N(C(C)C(=O)NN)C(=O)C2=O. The summed E-state index contributed by atoms with van der Waals surface area (Å²) in [5.41, 5.74) is 3.49.